The third-order valence-electron chi connectivity index (χ3n) is 2.72. The summed E-state index contributed by atoms with van der Waals surface area (Å²) < 4.78 is 1.93. The first kappa shape index (κ1) is 14.8. The SMILES string of the molecule is CC.Cc1c(C(C)C)cnn1-c1cccc(Cl)c1. The lowest BCUT2D eigenvalue weighted by Crippen LogP contribution is -1.99. The van der Waals surface area contributed by atoms with Crippen molar-refractivity contribution in [1.29, 1.82) is 0 Å². The van der Waals surface area contributed by atoms with Gasteiger partial charge in [-0.3, -0.25) is 0 Å². The Bertz CT molecular complexity index is 501. The molecule has 0 bridgehead atoms. The first-order valence-corrected chi connectivity index (χ1v) is 6.78. The van der Waals surface area contributed by atoms with Gasteiger partial charge in [0, 0.05) is 10.7 Å². The van der Waals surface area contributed by atoms with Gasteiger partial charge in [0.15, 0.2) is 0 Å². The molecule has 0 aliphatic carbocycles. The topological polar surface area (TPSA) is 17.8 Å². The van der Waals surface area contributed by atoms with Crippen LogP contribution in [-0.2, 0) is 0 Å². The van der Waals surface area contributed by atoms with E-state index in [0.29, 0.717) is 5.92 Å². The van der Waals surface area contributed by atoms with Crippen LogP contribution >= 0.6 is 11.6 Å². The van der Waals surface area contributed by atoms with Crippen molar-refractivity contribution in [2.24, 2.45) is 0 Å². The van der Waals surface area contributed by atoms with Crippen molar-refractivity contribution in [2.45, 2.75) is 40.5 Å². The van der Waals surface area contributed by atoms with Gasteiger partial charge in [-0.2, -0.15) is 5.10 Å². The van der Waals surface area contributed by atoms with Crippen LogP contribution in [0.25, 0.3) is 5.69 Å². The Kier molecular flexibility index (Phi) is 5.42. The smallest absolute Gasteiger partial charge is 0.0663 e. The van der Waals surface area contributed by atoms with Gasteiger partial charge >= 0.3 is 0 Å². The van der Waals surface area contributed by atoms with Crippen molar-refractivity contribution in [3.63, 3.8) is 0 Å². The van der Waals surface area contributed by atoms with E-state index in [-0.39, 0.29) is 0 Å². The third-order valence-corrected chi connectivity index (χ3v) is 2.96. The normalized spacial score (nSPS) is 10.2. The second-order valence-corrected chi connectivity index (χ2v) is 4.67. The minimum absolute atomic E-state index is 0.493. The fourth-order valence-corrected chi connectivity index (χ4v) is 2.04. The van der Waals surface area contributed by atoms with Gasteiger partial charge in [0.25, 0.3) is 0 Å². The number of rotatable bonds is 2. The van der Waals surface area contributed by atoms with Gasteiger partial charge in [0.2, 0.25) is 0 Å². The summed E-state index contributed by atoms with van der Waals surface area (Å²) in [5.74, 6) is 0.493. The zero-order chi connectivity index (χ0) is 13.7. The molecule has 18 heavy (non-hydrogen) atoms. The molecule has 2 nitrogen and oxygen atoms in total. The maximum Gasteiger partial charge on any atom is 0.0663 e. The summed E-state index contributed by atoms with van der Waals surface area (Å²) in [6.45, 7) is 10.4. The van der Waals surface area contributed by atoms with E-state index < -0.39 is 0 Å². The van der Waals surface area contributed by atoms with Gasteiger partial charge in [0.1, 0.15) is 0 Å². The molecule has 2 aromatic rings. The Labute approximate surface area is 115 Å². The highest BCUT2D eigenvalue weighted by Gasteiger charge is 2.10. The van der Waals surface area contributed by atoms with Gasteiger partial charge in [-0.05, 0) is 36.6 Å². The minimum atomic E-state index is 0.493. The van der Waals surface area contributed by atoms with E-state index in [1.165, 1.54) is 11.3 Å². The zero-order valence-electron chi connectivity index (χ0n) is 11.7. The highest BCUT2D eigenvalue weighted by Crippen LogP contribution is 2.22. The van der Waals surface area contributed by atoms with Crippen LogP contribution in [0.4, 0.5) is 0 Å². The molecule has 0 atom stereocenters. The Morgan fingerprint density at radius 2 is 1.89 bits per heavy atom. The fraction of sp³-hybridized carbons (Fsp3) is 0.400. The summed E-state index contributed by atoms with van der Waals surface area (Å²) >= 11 is 5.98. The van der Waals surface area contributed by atoms with Gasteiger partial charge in [-0.1, -0.05) is 45.4 Å². The van der Waals surface area contributed by atoms with Gasteiger partial charge in [0.05, 0.1) is 11.9 Å². The predicted octanol–water partition coefficient (Wildman–Crippen LogP) is 4.98. The number of hydrogen-bond acceptors (Lipinski definition) is 1. The Balaban J connectivity index is 0.000000771. The lowest BCUT2D eigenvalue weighted by molar-refractivity contribution is 0.823. The van der Waals surface area contributed by atoms with Gasteiger partial charge in [-0.25, -0.2) is 4.68 Å². The number of aromatic nitrogens is 2. The lowest BCUT2D eigenvalue weighted by Gasteiger charge is -2.07. The zero-order valence-corrected chi connectivity index (χ0v) is 12.5. The Hall–Kier alpha value is -1.28. The van der Waals surface area contributed by atoms with Crippen LogP contribution in [0, 0.1) is 6.92 Å². The van der Waals surface area contributed by atoms with Gasteiger partial charge in [-0.15, -0.1) is 0 Å². The molecule has 0 unspecified atom stereocenters. The molecule has 1 aromatic heterocycles. The molecule has 0 fully saturated rings. The highest BCUT2D eigenvalue weighted by molar-refractivity contribution is 6.30. The van der Waals surface area contributed by atoms with E-state index in [9.17, 15) is 0 Å². The fourth-order valence-electron chi connectivity index (χ4n) is 1.86. The molecule has 0 saturated heterocycles. The molecule has 0 N–H and O–H groups in total. The van der Waals surface area contributed by atoms with Crippen LogP contribution < -0.4 is 0 Å². The van der Waals surface area contributed by atoms with Crippen LogP contribution in [0.3, 0.4) is 0 Å². The molecule has 0 amide bonds. The molecule has 98 valence electrons. The summed E-state index contributed by atoms with van der Waals surface area (Å²) in [4.78, 5) is 0. The number of nitrogens with zero attached hydrogens (tertiary/aromatic N) is 2. The number of halogens is 1. The molecule has 3 heteroatoms. The summed E-state index contributed by atoms with van der Waals surface area (Å²) in [6.07, 6.45) is 1.93. The van der Waals surface area contributed by atoms with E-state index in [1.54, 1.807) is 0 Å². The van der Waals surface area contributed by atoms with Crippen molar-refractivity contribution in [3.05, 3.63) is 46.7 Å². The first-order valence-electron chi connectivity index (χ1n) is 6.40. The maximum atomic E-state index is 5.98. The van der Waals surface area contributed by atoms with E-state index in [0.717, 1.165) is 10.7 Å². The molecule has 2 rings (SSSR count). The summed E-state index contributed by atoms with van der Waals surface area (Å²) in [5, 5.41) is 5.14. The highest BCUT2D eigenvalue weighted by atomic mass is 35.5. The number of benzene rings is 1. The maximum absolute atomic E-state index is 5.98. The van der Waals surface area contributed by atoms with E-state index in [1.807, 2.05) is 49.0 Å². The van der Waals surface area contributed by atoms with Crippen LogP contribution in [-0.4, -0.2) is 9.78 Å². The molecular weight excluding hydrogens is 244 g/mol. The average Bonchev–Trinajstić information content (AvgIpc) is 2.74. The second-order valence-electron chi connectivity index (χ2n) is 4.23. The molecule has 0 radical (unpaired) electrons. The Morgan fingerprint density at radius 1 is 1.22 bits per heavy atom. The predicted molar refractivity (Wildman–Crippen MR) is 78.7 cm³/mol. The monoisotopic (exact) mass is 264 g/mol. The lowest BCUT2D eigenvalue weighted by atomic mass is 10.1. The van der Waals surface area contributed by atoms with Crippen molar-refractivity contribution in [3.8, 4) is 5.69 Å². The standard InChI is InChI=1S/C13H15ClN2.C2H6/c1-9(2)13-8-15-16(10(13)3)12-6-4-5-11(14)7-12;1-2/h4-9H,1-3H3;1-2H3. The van der Waals surface area contributed by atoms with Crippen LogP contribution in [0.15, 0.2) is 30.5 Å². The van der Waals surface area contributed by atoms with Crippen LogP contribution in [0.1, 0.15) is 44.9 Å². The Morgan fingerprint density at radius 3 is 2.39 bits per heavy atom. The van der Waals surface area contributed by atoms with Crippen LogP contribution in [0.2, 0.25) is 5.02 Å². The van der Waals surface area contributed by atoms with Crippen molar-refractivity contribution in [2.75, 3.05) is 0 Å². The van der Waals surface area contributed by atoms with E-state index in [4.69, 9.17) is 11.6 Å². The van der Waals surface area contributed by atoms with E-state index >= 15 is 0 Å². The van der Waals surface area contributed by atoms with Crippen molar-refractivity contribution in [1.82, 2.24) is 9.78 Å². The second kappa shape index (κ2) is 6.60. The number of hydrogen-bond donors (Lipinski definition) is 0. The third kappa shape index (κ3) is 3.14. The first-order chi connectivity index (χ1) is 8.59. The minimum Gasteiger partial charge on any atom is -0.238 e. The largest absolute Gasteiger partial charge is 0.238 e. The molecule has 1 heterocycles. The van der Waals surface area contributed by atoms with Gasteiger partial charge < -0.3 is 0 Å². The summed E-state index contributed by atoms with van der Waals surface area (Å²) in [7, 11) is 0. The summed E-state index contributed by atoms with van der Waals surface area (Å²) in [5.41, 5.74) is 3.47. The van der Waals surface area contributed by atoms with Crippen molar-refractivity contribution < 1.29 is 0 Å². The average molecular weight is 265 g/mol. The molecule has 0 saturated carbocycles. The molecule has 1 aromatic carbocycles. The molecule has 0 spiro atoms. The quantitative estimate of drug-likeness (QED) is 0.748. The van der Waals surface area contributed by atoms with E-state index in [2.05, 4.69) is 25.9 Å². The molecular formula is C15H21ClN2. The molecule has 0 aliphatic heterocycles. The summed E-state index contributed by atoms with van der Waals surface area (Å²) in [6, 6.07) is 7.74. The molecule has 0 aliphatic rings. The van der Waals surface area contributed by atoms with Crippen LogP contribution in [0.5, 0.6) is 0 Å². The van der Waals surface area contributed by atoms with Crippen molar-refractivity contribution >= 4 is 11.6 Å².